The number of nitrogens with one attached hydrogen (secondary N) is 1. The van der Waals surface area contributed by atoms with Crippen molar-refractivity contribution in [2.45, 2.75) is 32.5 Å². The maximum Gasteiger partial charge on any atom is 0.407 e. The summed E-state index contributed by atoms with van der Waals surface area (Å²) in [4.78, 5) is 22.2. The first-order chi connectivity index (χ1) is 7.67. The number of aliphatic hydroxyl groups excluding tert-OH is 1. The number of amides is 1. The number of carbonyl (C=O) groups is 2. The summed E-state index contributed by atoms with van der Waals surface area (Å²) in [5.74, 6) is -0.719. The molecule has 0 radical (unpaired) electrons. The Balaban J connectivity index is 4.08. The van der Waals surface area contributed by atoms with E-state index < -0.39 is 23.8 Å². The van der Waals surface area contributed by atoms with E-state index in [1.165, 1.54) is 7.11 Å². The van der Waals surface area contributed by atoms with Gasteiger partial charge in [-0.3, -0.25) is 0 Å². The van der Waals surface area contributed by atoms with Crippen LogP contribution in [0.15, 0.2) is 12.2 Å². The molecule has 0 fully saturated rings. The quantitative estimate of drug-likeness (QED) is 0.559. The van der Waals surface area contributed by atoms with E-state index in [1.54, 1.807) is 20.8 Å². The molecule has 1 amide bonds. The van der Waals surface area contributed by atoms with Gasteiger partial charge in [0, 0.05) is 0 Å². The number of rotatable bonds is 4. The smallest absolute Gasteiger partial charge is 0.407 e. The molecule has 0 saturated heterocycles. The zero-order valence-electron chi connectivity index (χ0n) is 10.6. The number of methoxy groups -OCH3 is 1. The van der Waals surface area contributed by atoms with Crippen LogP contribution in [0.2, 0.25) is 0 Å². The summed E-state index contributed by atoms with van der Waals surface area (Å²) in [6, 6.07) is 0. The van der Waals surface area contributed by atoms with Crippen molar-refractivity contribution in [2.24, 2.45) is 0 Å². The van der Waals surface area contributed by atoms with Crippen molar-refractivity contribution in [3.8, 4) is 0 Å². The van der Waals surface area contributed by atoms with Crippen LogP contribution in [0, 0.1) is 0 Å². The Bertz CT molecular complexity index is 305. The predicted octanol–water partition coefficient (Wildman–Crippen LogP) is 0.601. The van der Waals surface area contributed by atoms with Crippen LogP contribution < -0.4 is 5.32 Å². The number of carbonyl (C=O) groups excluding carboxylic acids is 2. The molecule has 0 spiro atoms. The van der Waals surface area contributed by atoms with Crippen molar-refractivity contribution in [1.82, 2.24) is 5.32 Å². The normalized spacial score (nSPS) is 12.5. The van der Waals surface area contributed by atoms with Gasteiger partial charge in [0.15, 0.2) is 0 Å². The van der Waals surface area contributed by atoms with Gasteiger partial charge >= 0.3 is 12.1 Å². The van der Waals surface area contributed by atoms with Crippen molar-refractivity contribution in [3.63, 3.8) is 0 Å². The van der Waals surface area contributed by atoms with Gasteiger partial charge in [-0.15, -0.1) is 0 Å². The van der Waals surface area contributed by atoms with Crippen LogP contribution in [-0.2, 0) is 14.3 Å². The van der Waals surface area contributed by atoms with E-state index in [0.29, 0.717) is 0 Å². The molecule has 0 bridgehead atoms. The molecule has 0 aliphatic carbocycles. The maximum absolute atomic E-state index is 11.2. The van der Waals surface area contributed by atoms with E-state index in [4.69, 9.17) is 4.74 Å². The summed E-state index contributed by atoms with van der Waals surface area (Å²) in [6.45, 7) is 8.35. The second-order valence-corrected chi connectivity index (χ2v) is 4.42. The molecule has 2 N–H and O–H groups in total. The Morgan fingerprint density at radius 3 is 2.35 bits per heavy atom. The highest BCUT2D eigenvalue weighted by atomic mass is 16.6. The Kier molecular flexibility index (Phi) is 5.67. The Labute approximate surface area is 101 Å². The lowest BCUT2D eigenvalue weighted by Crippen LogP contribution is -2.38. The van der Waals surface area contributed by atoms with Crippen molar-refractivity contribution in [1.29, 1.82) is 0 Å². The van der Waals surface area contributed by atoms with Crippen LogP contribution in [0.3, 0.4) is 0 Å². The van der Waals surface area contributed by atoms with Gasteiger partial charge in [0.05, 0.1) is 19.2 Å². The predicted molar refractivity (Wildman–Crippen MR) is 61.4 cm³/mol. The third-order valence-electron chi connectivity index (χ3n) is 1.69. The number of esters is 1. The van der Waals surface area contributed by atoms with Crippen molar-refractivity contribution in [3.05, 3.63) is 12.2 Å². The summed E-state index contributed by atoms with van der Waals surface area (Å²) in [7, 11) is 1.18. The van der Waals surface area contributed by atoms with E-state index in [9.17, 15) is 14.7 Å². The van der Waals surface area contributed by atoms with Crippen LogP contribution in [0.25, 0.3) is 0 Å². The molecule has 1 atom stereocenters. The Hall–Kier alpha value is -1.56. The first kappa shape index (κ1) is 15.4. The maximum atomic E-state index is 11.2. The number of hydrogen-bond donors (Lipinski definition) is 2. The second kappa shape index (κ2) is 6.24. The first-order valence-corrected chi connectivity index (χ1v) is 5.09. The van der Waals surface area contributed by atoms with Gasteiger partial charge in [-0.25, -0.2) is 9.59 Å². The summed E-state index contributed by atoms with van der Waals surface area (Å²) in [5.41, 5.74) is -0.738. The standard InChI is InChI=1S/C11H19NO5/c1-7(9(14)16-5)8(13)6-12-10(15)17-11(2,3)4/h8,13H,1,6H2,2-5H3,(H,12,15). The van der Waals surface area contributed by atoms with Crippen molar-refractivity contribution < 1.29 is 24.2 Å². The highest BCUT2D eigenvalue weighted by Crippen LogP contribution is 2.07. The SMILES string of the molecule is C=C(C(=O)OC)C(O)CNC(=O)OC(C)(C)C. The summed E-state index contributed by atoms with van der Waals surface area (Å²) in [6.07, 6.45) is -1.87. The third kappa shape index (κ3) is 6.57. The number of ether oxygens (including phenoxy) is 2. The Morgan fingerprint density at radius 1 is 1.41 bits per heavy atom. The molecular formula is C11H19NO5. The first-order valence-electron chi connectivity index (χ1n) is 5.09. The van der Waals surface area contributed by atoms with E-state index >= 15 is 0 Å². The second-order valence-electron chi connectivity index (χ2n) is 4.42. The molecule has 0 heterocycles. The van der Waals surface area contributed by atoms with Gasteiger partial charge in [0.2, 0.25) is 0 Å². The Morgan fingerprint density at radius 2 is 1.94 bits per heavy atom. The van der Waals surface area contributed by atoms with E-state index in [0.717, 1.165) is 0 Å². The average Bonchev–Trinajstić information content (AvgIpc) is 2.21. The lowest BCUT2D eigenvalue weighted by molar-refractivity contribution is -0.137. The average molecular weight is 245 g/mol. The number of aliphatic hydroxyl groups is 1. The molecule has 0 saturated carbocycles. The fourth-order valence-electron chi connectivity index (χ4n) is 0.885. The van der Waals surface area contributed by atoms with Crippen LogP contribution in [0.1, 0.15) is 20.8 Å². The summed E-state index contributed by atoms with van der Waals surface area (Å²) in [5, 5.41) is 11.8. The van der Waals surface area contributed by atoms with Crippen LogP contribution in [-0.4, -0.2) is 42.5 Å². The van der Waals surface area contributed by atoms with E-state index in [2.05, 4.69) is 16.6 Å². The largest absolute Gasteiger partial charge is 0.466 e. The zero-order chi connectivity index (χ0) is 13.6. The molecule has 0 aromatic rings. The van der Waals surface area contributed by atoms with Gasteiger partial charge in [-0.05, 0) is 20.8 Å². The van der Waals surface area contributed by atoms with Crippen molar-refractivity contribution in [2.75, 3.05) is 13.7 Å². The minimum atomic E-state index is -1.20. The van der Waals surface area contributed by atoms with E-state index in [1.807, 2.05) is 0 Å². The van der Waals surface area contributed by atoms with Gasteiger partial charge in [-0.2, -0.15) is 0 Å². The summed E-state index contributed by atoms with van der Waals surface area (Å²) >= 11 is 0. The fourth-order valence-corrected chi connectivity index (χ4v) is 0.885. The molecule has 6 nitrogen and oxygen atoms in total. The van der Waals surface area contributed by atoms with Crippen LogP contribution >= 0.6 is 0 Å². The number of hydrogen-bond acceptors (Lipinski definition) is 5. The monoisotopic (exact) mass is 245 g/mol. The highest BCUT2D eigenvalue weighted by molar-refractivity contribution is 5.88. The molecular weight excluding hydrogens is 226 g/mol. The minimum Gasteiger partial charge on any atom is -0.466 e. The molecule has 0 aliphatic rings. The molecule has 0 aromatic heterocycles. The van der Waals surface area contributed by atoms with Crippen LogP contribution in [0.5, 0.6) is 0 Å². The number of alkyl carbamates (subject to hydrolysis) is 1. The van der Waals surface area contributed by atoms with Gasteiger partial charge in [0.25, 0.3) is 0 Å². The lowest BCUT2D eigenvalue weighted by atomic mass is 10.2. The van der Waals surface area contributed by atoms with Crippen LogP contribution in [0.4, 0.5) is 4.79 Å². The minimum absolute atomic E-state index is 0.122. The third-order valence-corrected chi connectivity index (χ3v) is 1.69. The van der Waals surface area contributed by atoms with E-state index in [-0.39, 0.29) is 12.1 Å². The molecule has 0 rings (SSSR count). The molecule has 98 valence electrons. The lowest BCUT2D eigenvalue weighted by Gasteiger charge is -2.20. The zero-order valence-corrected chi connectivity index (χ0v) is 10.6. The molecule has 6 heteroatoms. The molecule has 0 aromatic carbocycles. The molecule has 17 heavy (non-hydrogen) atoms. The van der Waals surface area contributed by atoms with Crippen molar-refractivity contribution >= 4 is 12.1 Å². The van der Waals surface area contributed by atoms with Gasteiger partial charge in [-0.1, -0.05) is 6.58 Å². The molecule has 0 aliphatic heterocycles. The fraction of sp³-hybridized carbons (Fsp3) is 0.636. The molecule has 1 unspecified atom stereocenters. The summed E-state index contributed by atoms with van der Waals surface area (Å²) < 4.78 is 9.33. The topological polar surface area (TPSA) is 84.9 Å². The van der Waals surface area contributed by atoms with Gasteiger partial charge < -0.3 is 19.9 Å². The highest BCUT2D eigenvalue weighted by Gasteiger charge is 2.20. The van der Waals surface area contributed by atoms with Gasteiger partial charge in [0.1, 0.15) is 11.7 Å².